The fourth-order valence-electron chi connectivity index (χ4n) is 2.36. The van der Waals surface area contributed by atoms with E-state index in [0.717, 1.165) is 5.56 Å². The molecule has 2 aromatic rings. The number of nitro benzene ring substituents is 1. The van der Waals surface area contributed by atoms with Gasteiger partial charge in [-0.05, 0) is 24.7 Å². The quantitative estimate of drug-likeness (QED) is 0.563. The Labute approximate surface area is 160 Å². The molecule has 1 amide bonds. The van der Waals surface area contributed by atoms with Gasteiger partial charge in [0.2, 0.25) is 5.91 Å². The zero-order chi connectivity index (χ0) is 19.3. The first-order valence-corrected chi connectivity index (χ1v) is 8.31. The van der Waals surface area contributed by atoms with Crippen LogP contribution in [0.5, 0.6) is 5.75 Å². The van der Waals surface area contributed by atoms with Crippen LogP contribution in [-0.4, -0.2) is 36.4 Å². The van der Waals surface area contributed by atoms with E-state index in [1.54, 1.807) is 24.1 Å². The summed E-state index contributed by atoms with van der Waals surface area (Å²) in [6.45, 7) is 0.466. The molecular weight excluding hydrogens is 381 g/mol. The average Bonchev–Trinajstić information content (AvgIpc) is 2.58. The molecule has 0 fully saturated rings. The summed E-state index contributed by atoms with van der Waals surface area (Å²) in [5, 5.41) is 14.4. The summed E-state index contributed by atoms with van der Waals surface area (Å²) in [4.78, 5) is 24.4. The molecule has 138 valence electrons. The van der Waals surface area contributed by atoms with Gasteiger partial charge < -0.3 is 10.1 Å². The predicted molar refractivity (Wildman–Crippen MR) is 101 cm³/mol. The van der Waals surface area contributed by atoms with Crippen molar-refractivity contribution in [2.75, 3.05) is 26.0 Å². The molecule has 0 saturated heterocycles. The van der Waals surface area contributed by atoms with Gasteiger partial charge in [-0.1, -0.05) is 35.3 Å². The van der Waals surface area contributed by atoms with E-state index in [-0.39, 0.29) is 23.8 Å². The lowest BCUT2D eigenvalue weighted by molar-refractivity contribution is -0.384. The summed E-state index contributed by atoms with van der Waals surface area (Å²) >= 11 is 12.1. The third-order valence-electron chi connectivity index (χ3n) is 3.55. The summed E-state index contributed by atoms with van der Waals surface area (Å²) in [6.07, 6.45) is 0. The van der Waals surface area contributed by atoms with Crippen molar-refractivity contribution in [3.8, 4) is 5.75 Å². The molecule has 0 atom stereocenters. The third kappa shape index (κ3) is 5.08. The van der Waals surface area contributed by atoms with E-state index in [1.807, 2.05) is 6.07 Å². The Morgan fingerprint density at radius 3 is 2.69 bits per heavy atom. The van der Waals surface area contributed by atoms with Crippen LogP contribution in [0.15, 0.2) is 36.4 Å². The number of likely N-dealkylation sites (N-methyl/N-ethyl adjacent to an activating group) is 1. The fraction of sp³-hybridized carbons (Fsp3) is 0.235. The van der Waals surface area contributed by atoms with Crippen molar-refractivity contribution < 1.29 is 14.5 Å². The molecule has 0 saturated carbocycles. The summed E-state index contributed by atoms with van der Waals surface area (Å²) in [5.41, 5.74) is 0.892. The molecule has 0 bridgehead atoms. The Kier molecular flexibility index (Phi) is 6.79. The van der Waals surface area contributed by atoms with Crippen LogP contribution < -0.4 is 10.1 Å². The average molecular weight is 398 g/mol. The SMILES string of the molecule is COc1ccc([N+](=O)[O-])cc1NC(=O)CN(C)Cc1cccc(Cl)c1Cl. The number of nitrogens with zero attached hydrogens (tertiary/aromatic N) is 2. The molecule has 0 spiro atoms. The van der Waals surface area contributed by atoms with Crippen molar-refractivity contribution in [1.82, 2.24) is 4.90 Å². The summed E-state index contributed by atoms with van der Waals surface area (Å²) in [6, 6.07) is 9.29. The van der Waals surface area contributed by atoms with Crippen molar-refractivity contribution >= 4 is 40.5 Å². The minimum Gasteiger partial charge on any atom is -0.495 e. The number of ether oxygens (including phenoxy) is 1. The van der Waals surface area contributed by atoms with Crippen molar-refractivity contribution in [2.24, 2.45) is 0 Å². The molecule has 0 aromatic heterocycles. The first kappa shape index (κ1) is 20.0. The number of carbonyl (C=O) groups is 1. The molecule has 0 aliphatic rings. The van der Waals surface area contributed by atoms with Gasteiger partial charge in [-0.2, -0.15) is 0 Å². The van der Waals surface area contributed by atoms with E-state index in [0.29, 0.717) is 22.3 Å². The zero-order valence-electron chi connectivity index (χ0n) is 14.2. The normalized spacial score (nSPS) is 10.7. The fourth-order valence-corrected chi connectivity index (χ4v) is 2.74. The Morgan fingerprint density at radius 1 is 1.31 bits per heavy atom. The number of benzene rings is 2. The number of non-ortho nitro benzene ring substituents is 1. The zero-order valence-corrected chi connectivity index (χ0v) is 15.7. The maximum atomic E-state index is 12.3. The number of carbonyl (C=O) groups excluding carboxylic acids is 1. The highest BCUT2D eigenvalue weighted by Gasteiger charge is 2.15. The van der Waals surface area contributed by atoms with Crippen LogP contribution in [0.4, 0.5) is 11.4 Å². The van der Waals surface area contributed by atoms with Crippen LogP contribution in [-0.2, 0) is 11.3 Å². The highest BCUT2D eigenvalue weighted by atomic mass is 35.5. The van der Waals surface area contributed by atoms with Gasteiger partial charge in [0.25, 0.3) is 5.69 Å². The molecule has 0 aliphatic heterocycles. The van der Waals surface area contributed by atoms with Crippen LogP contribution in [0.25, 0.3) is 0 Å². The minimum absolute atomic E-state index is 0.0503. The molecular formula is C17H17Cl2N3O4. The van der Waals surface area contributed by atoms with Crippen LogP contribution in [0.2, 0.25) is 10.0 Å². The second kappa shape index (κ2) is 8.84. The van der Waals surface area contributed by atoms with Gasteiger partial charge in [-0.3, -0.25) is 19.8 Å². The number of halogens is 2. The number of anilines is 1. The Balaban J connectivity index is 2.05. The smallest absolute Gasteiger partial charge is 0.271 e. The number of hydrogen-bond acceptors (Lipinski definition) is 5. The number of nitrogens with one attached hydrogen (secondary N) is 1. The van der Waals surface area contributed by atoms with Gasteiger partial charge in [-0.25, -0.2) is 0 Å². The number of amides is 1. The van der Waals surface area contributed by atoms with E-state index in [4.69, 9.17) is 27.9 Å². The minimum atomic E-state index is -0.539. The lowest BCUT2D eigenvalue weighted by Crippen LogP contribution is -2.30. The van der Waals surface area contributed by atoms with Crippen molar-refractivity contribution in [3.63, 3.8) is 0 Å². The van der Waals surface area contributed by atoms with Gasteiger partial charge in [0.15, 0.2) is 0 Å². The summed E-state index contributed by atoms with van der Waals surface area (Å²) in [7, 11) is 3.17. The maximum Gasteiger partial charge on any atom is 0.271 e. The highest BCUT2D eigenvalue weighted by Crippen LogP contribution is 2.29. The lowest BCUT2D eigenvalue weighted by atomic mass is 10.2. The van der Waals surface area contributed by atoms with E-state index in [9.17, 15) is 14.9 Å². The monoisotopic (exact) mass is 397 g/mol. The largest absolute Gasteiger partial charge is 0.495 e. The summed E-state index contributed by atoms with van der Waals surface area (Å²) < 4.78 is 5.13. The molecule has 0 aliphatic carbocycles. The first-order chi connectivity index (χ1) is 12.3. The van der Waals surface area contributed by atoms with Gasteiger partial charge in [0.1, 0.15) is 5.75 Å². The predicted octanol–water partition coefficient (Wildman–Crippen LogP) is 3.98. The van der Waals surface area contributed by atoms with Crippen molar-refractivity contribution in [2.45, 2.75) is 6.54 Å². The third-order valence-corrected chi connectivity index (χ3v) is 4.41. The molecule has 0 radical (unpaired) electrons. The Bertz CT molecular complexity index is 830. The van der Waals surface area contributed by atoms with Crippen LogP contribution in [0.1, 0.15) is 5.56 Å². The van der Waals surface area contributed by atoms with Gasteiger partial charge in [-0.15, -0.1) is 0 Å². The van der Waals surface area contributed by atoms with Gasteiger partial charge in [0, 0.05) is 18.7 Å². The van der Waals surface area contributed by atoms with E-state index >= 15 is 0 Å². The Morgan fingerprint density at radius 2 is 2.04 bits per heavy atom. The topological polar surface area (TPSA) is 84.7 Å². The molecule has 2 rings (SSSR count). The molecule has 2 aromatic carbocycles. The second-order valence-electron chi connectivity index (χ2n) is 5.58. The highest BCUT2D eigenvalue weighted by molar-refractivity contribution is 6.42. The number of nitro groups is 1. The summed E-state index contributed by atoms with van der Waals surface area (Å²) in [5.74, 6) is -0.00561. The molecule has 1 N–H and O–H groups in total. The van der Waals surface area contributed by atoms with E-state index in [2.05, 4.69) is 5.32 Å². The van der Waals surface area contributed by atoms with E-state index < -0.39 is 4.92 Å². The van der Waals surface area contributed by atoms with Gasteiger partial charge >= 0.3 is 0 Å². The molecule has 7 nitrogen and oxygen atoms in total. The standard InChI is InChI=1S/C17H17Cl2N3O4/c1-21(9-11-4-3-5-13(18)17(11)19)10-16(23)20-14-8-12(22(24)25)6-7-15(14)26-2/h3-8H,9-10H2,1-2H3,(H,20,23). The number of rotatable bonds is 7. The molecule has 9 heteroatoms. The van der Waals surface area contributed by atoms with E-state index in [1.165, 1.54) is 25.3 Å². The number of hydrogen-bond donors (Lipinski definition) is 1. The Hall–Kier alpha value is -2.35. The first-order valence-electron chi connectivity index (χ1n) is 7.55. The molecule has 26 heavy (non-hydrogen) atoms. The van der Waals surface area contributed by atoms with Gasteiger partial charge in [0.05, 0.1) is 34.3 Å². The second-order valence-corrected chi connectivity index (χ2v) is 6.36. The number of methoxy groups -OCH3 is 1. The molecule has 0 heterocycles. The molecule has 0 unspecified atom stereocenters. The van der Waals surface area contributed by atoms with Crippen LogP contribution in [0.3, 0.4) is 0 Å². The van der Waals surface area contributed by atoms with Crippen molar-refractivity contribution in [3.05, 3.63) is 62.1 Å². The lowest BCUT2D eigenvalue weighted by Gasteiger charge is -2.18. The maximum absolute atomic E-state index is 12.3. The van der Waals surface area contributed by atoms with Crippen LogP contribution in [0, 0.1) is 10.1 Å². The van der Waals surface area contributed by atoms with Crippen LogP contribution >= 0.6 is 23.2 Å². The van der Waals surface area contributed by atoms with Crippen molar-refractivity contribution in [1.29, 1.82) is 0 Å².